The van der Waals surface area contributed by atoms with Crippen LogP contribution in [0, 0.1) is 12.7 Å². The van der Waals surface area contributed by atoms with E-state index in [1.54, 1.807) is 6.92 Å². The average molecular weight is 312 g/mol. The molecule has 20 heavy (non-hydrogen) atoms. The summed E-state index contributed by atoms with van der Waals surface area (Å²) in [6.45, 7) is 4.15. The van der Waals surface area contributed by atoms with Gasteiger partial charge < -0.3 is 5.32 Å². The molecular formula is C14H15ClFN3S. The highest BCUT2D eigenvalue weighted by Gasteiger charge is 2.11. The Morgan fingerprint density at radius 1 is 1.30 bits per heavy atom. The summed E-state index contributed by atoms with van der Waals surface area (Å²) in [5, 5.41) is 3.60. The second-order valence-electron chi connectivity index (χ2n) is 4.14. The van der Waals surface area contributed by atoms with Crippen molar-refractivity contribution in [1.29, 1.82) is 0 Å². The van der Waals surface area contributed by atoms with Crippen LogP contribution >= 0.6 is 23.4 Å². The lowest BCUT2D eigenvalue weighted by atomic mass is 10.4. The molecule has 106 valence electrons. The zero-order valence-corrected chi connectivity index (χ0v) is 12.9. The smallest absolute Gasteiger partial charge is 0.186 e. The van der Waals surface area contributed by atoms with Gasteiger partial charge in [-0.05, 0) is 26.0 Å². The number of halogens is 2. The molecule has 0 saturated heterocycles. The topological polar surface area (TPSA) is 37.8 Å². The van der Waals surface area contributed by atoms with E-state index in [1.165, 1.54) is 11.8 Å². The van der Waals surface area contributed by atoms with Gasteiger partial charge in [0.15, 0.2) is 11.6 Å². The van der Waals surface area contributed by atoms with Crippen LogP contribution in [0.4, 0.5) is 10.2 Å². The average Bonchev–Trinajstić information content (AvgIpc) is 2.43. The van der Waals surface area contributed by atoms with Gasteiger partial charge in [-0.2, -0.15) is 0 Å². The van der Waals surface area contributed by atoms with Crippen molar-refractivity contribution < 1.29 is 4.39 Å². The minimum Gasteiger partial charge on any atom is -0.368 e. The van der Waals surface area contributed by atoms with Gasteiger partial charge in [0, 0.05) is 11.4 Å². The Labute approximate surface area is 127 Å². The first-order valence-electron chi connectivity index (χ1n) is 6.26. The van der Waals surface area contributed by atoms with Gasteiger partial charge in [-0.25, -0.2) is 14.4 Å². The molecule has 1 N–H and O–H groups in total. The SMILES string of the molecule is CCNc1nc(CSc2ccccc2Cl)nc(C)c1F. The number of anilines is 1. The third-order valence-electron chi connectivity index (χ3n) is 2.60. The summed E-state index contributed by atoms with van der Waals surface area (Å²) in [5.74, 6) is 1.00. The molecule has 0 aliphatic rings. The number of nitrogens with zero attached hydrogens (tertiary/aromatic N) is 2. The molecule has 0 radical (unpaired) electrons. The molecule has 0 spiro atoms. The van der Waals surface area contributed by atoms with Crippen molar-refractivity contribution in [2.24, 2.45) is 0 Å². The summed E-state index contributed by atoms with van der Waals surface area (Å²) in [5.41, 5.74) is 0.353. The summed E-state index contributed by atoms with van der Waals surface area (Å²) in [6, 6.07) is 7.59. The summed E-state index contributed by atoms with van der Waals surface area (Å²) in [7, 11) is 0. The lowest BCUT2D eigenvalue weighted by molar-refractivity contribution is 0.602. The maximum atomic E-state index is 13.8. The predicted molar refractivity (Wildman–Crippen MR) is 81.9 cm³/mol. The maximum Gasteiger partial charge on any atom is 0.186 e. The van der Waals surface area contributed by atoms with Crippen molar-refractivity contribution in [3.63, 3.8) is 0 Å². The Hall–Kier alpha value is -1.33. The third-order valence-corrected chi connectivity index (χ3v) is 4.11. The van der Waals surface area contributed by atoms with Gasteiger partial charge in [-0.3, -0.25) is 0 Å². The molecule has 0 bridgehead atoms. The first-order chi connectivity index (χ1) is 9.61. The van der Waals surface area contributed by atoms with Crippen molar-refractivity contribution in [2.75, 3.05) is 11.9 Å². The van der Waals surface area contributed by atoms with Gasteiger partial charge in [0.1, 0.15) is 5.82 Å². The molecule has 0 atom stereocenters. The minimum atomic E-state index is -0.390. The van der Waals surface area contributed by atoms with Gasteiger partial charge in [0.05, 0.1) is 16.5 Å². The maximum absolute atomic E-state index is 13.8. The fourth-order valence-electron chi connectivity index (χ4n) is 1.67. The van der Waals surface area contributed by atoms with E-state index in [4.69, 9.17) is 11.6 Å². The van der Waals surface area contributed by atoms with E-state index >= 15 is 0 Å². The summed E-state index contributed by atoms with van der Waals surface area (Å²) >= 11 is 7.63. The van der Waals surface area contributed by atoms with Crippen molar-refractivity contribution in [1.82, 2.24) is 9.97 Å². The molecule has 0 unspecified atom stereocenters. The Kier molecular flexibility index (Phi) is 5.20. The second kappa shape index (κ2) is 6.90. The molecule has 2 rings (SSSR count). The number of rotatable bonds is 5. The highest BCUT2D eigenvalue weighted by atomic mass is 35.5. The van der Waals surface area contributed by atoms with Crippen LogP contribution in [0.15, 0.2) is 29.2 Å². The van der Waals surface area contributed by atoms with Crippen LogP contribution in [-0.2, 0) is 5.75 Å². The molecule has 2 aromatic rings. The van der Waals surface area contributed by atoms with Gasteiger partial charge >= 0.3 is 0 Å². The van der Waals surface area contributed by atoms with E-state index in [9.17, 15) is 4.39 Å². The lowest BCUT2D eigenvalue weighted by Gasteiger charge is -2.09. The van der Waals surface area contributed by atoms with Crippen LogP contribution in [0.2, 0.25) is 5.02 Å². The van der Waals surface area contributed by atoms with Crippen molar-refractivity contribution >= 4 is 29.2 Å². The monoisotopic (exact) mass is 311 g/mol. The minimum absolute atomic E-state index is 0.259. The van der Waals surface area contributed by atoms with E-state index in [0.29, 0.717) is 28.8 Å². The molecule has 1 aromatic carbocycles. The summed E-state index contributed by atoms with van der Waals surface area (Å²) in [6.07, 6.45) is 0. The number of nitrogens with one attached hydrogen (secondary N) is 1. The molecule has 0 aliphatic carbocycles. The van der Waals surface area contributed by atoms with Crippen molar-refractivity contribution in [3.8, 4) is 0 Å². The molecular weight excluding hydrogens is 297 g/mol. The number of benzene rings is 1. The van der Waals surface area contributed by atoms with Crippen LogP contribution in [-0.4, -0.2) is 16.5 Å². The van der Waals surface area contributed by atoms with Crippen LogP contribution in [0.5, 0.6) is 0 Å². The third kappa shape index (κ3) is 3.61. The first kappa shape index (κ1) is 15.1. The van der Waals surface area contributed by atoms with Crippen LogP contribution in [0.25, 0.3) is 0 Å². The fraction of sp³-hybridized carbons (Fsp3) is 0.286. The van der Waals surface area contributed by atoms with Crippen LogP contribution < -0.4 is 5.32 Å². The summed E-state index contributed by atoms with van der Waals surface area (Å²) in [4.78, 5) is 9.34. The van der Waals surface area contributed by atoms with Crippen molar-refractivity contribution in [2.45, 2.75) is 24.5 Å². The van der Waals surface area contributed by atoms with Gasteiger partial charge in [0.25, 0.3) is 0 Å². The standard InChI is InChI=1S/C14H15ClFN3S/c1-3-17-14-13(16)9(2)18-12(19-14)8-20-11-7-5-4-6-10(11)15/h4-7H,3,8H2,1-2H3,(H,17,18,19). The molecule has 6 heteroatoms. The second-order valence-corrected chi connectivity index (χ2v) is 5.56. The van der Waals surface area contributed by atoms with Crippen LogP contribution in [0.3, 0.4) is 0 Å². The highest BCUT2D eigenvalue weighted by Crippen LogP contribution is 2.29. The summed E-state index contributed by atoms with van der Waals surface area (Å²) < 4.78 is 13.8. The number of thioether (sulfide) groups is 1. The highest BCUT2D eigenvalue weighted by molar-refractivity contribution is 7.98. The normalized spacial score (nSPS) is 10.6. The Bertz CT molecular complexity index is 607. The zero-order valence-electron chi connectivity index (χ0n) is 11.3. The molecule has 1 aromatic heterocycles. The number of aromatic nitrogens is 2. The van der Waals surface area contributed by atoms with E-state index in [2.05, 4.69) is 15.3 Å². The number of aryl methyl sites for hydroxylation is 1. The molecule has 1 heterocycles. The predicted octanol–water partition coefficient (Wildman–Crippen LogP) is 4.30. The van der Waals surface area contributed by atoms with Crippen LogP contribution in [0.1, 0.15) is 18.4 Å². The Morgan fingerprint density at radius 2 is 2.05 bits per heavy atom. The van der Waals surface area contributed by atoms with E-state index in [1.807, 2.05) is 31.2 Å². The van der Waals surface area contributed by atoms with E-state index in [0.717, 1.165) is 4.90 Å². The van der Waals surface area contributed by atoms with E-state index < -0.39 is 5.82 Å². The zero-order chi connectivity index (χ0) is 14.5. The quantitative estimate of drug-likeness (QED) is 0.835. The Morgan fingerprint density at radius 3 is 2.75 bits per heavy atom. The van der Waals surface area contributed by atoms with E-state index in [-0.39, 0.29) is 5.82 Å². The number of hydrogen-bond donors (Lipinski definition) is 1. The molecule has 3 nitrogen and oxygen atoms in total. The van der Waals surface area contributed by atoms with Gasteiger partial charge in [0.2, 0.25) is 0 Å². The van der Waals surface area contributed by atoms with Crippen molar-refractivity contribution in [3.05, 3.63) is 46.6 Å². The number of hydrogen-bond acceptors (Lipinski definition) is 4. The molecule has 0 aliphatic heterocycles. The first-order valence-corrected chi connectivity index (χ1v) is 7.62. The van der Waals surface area contributed by atoms with Gasteiger partial charge in [-0.15, -0.1) is 11.8 Å². The molecule has 0 amide bonds. The largest absolute Gasteiger partial charge is 0.368 e. The lowest BCUT2D eigenvalue weighted by Crippen LogP contribution is -2.08. The molecule has 0 fully saturated rings. The Balaban J connectivity index is 2.16. The van der Waals surface area contributed by atoms with Gasteiger partial charge in [-0.1, -0.05) is 23.7 Å². The fourth-order valence-corrected chi connectivity index (χ4v) is 2.76. The molecule has 0 saturated carbocycles.